The van der Waals surface area contributed by atoms with Crippen LogP contribution in [0.2, 0.25) is 5.02 Å². The van der Waals surface area contributed by atoms with Gasteiger partial charge in [-0.15, -0.1) is 0 Å². The van der Waals surface area contributed by atoms with Gasteiger partial charge in [0, 0.05) is 5.02 Å². The molecule has 15 heavy (non-hydrogen) atoms. The molecule has 0 saturated heterocycles. The first-order valence-electron chi connectivity index (χ1n) is 5.63. The molecule has 1 rings (SSSR count). The third kappa shape index (κ3) is 4.23. The average molecular weight is 226 g/mol. The monoisotopic (exact) mass is 225 g/mol. The molecule has 1 aromatic rings. The quantitative estimate of drug-likeness (QED) is 0.759. The van der Waals surface area contributed by atoms with Crippen molar-refractivity contribution in [1.29, 1.82) is 0 Å². The molecule has 1 aromatic carbocycles. The predicted octanol–water partition coefficient (Wildman–Crippen LogP) is 3.74. The van der Waals surface area contributed by atoms with Gasteiger partial charge in [0.25, 0.3) is 0 Å². The summed E-state index contributed by atoms with van der Waals surface area (Å²) in [6.45, 7) is 5.16. The van der Waals surface area contributed by atoms with Crippen molar-refractivity contribution < 1.29 is 0 Å². The van der Waals surface area contributed by atoms with Crippen LogP contribution in [-0.4, -0.2) is 6.54 Å². The highest BCUT2D eigenvalue weighted by Gasteiger charge is 2.03. The van der Waals surface area contributed by atoms with Gasteiger partial charge in [-0.2, -0.15) is 0 Å². The minimum atomic E-state index is 0.539. The van der Waals surface area contributed by atoms with E-state index in [1.54, 1.807) is 0 Å². The lowest BCUT2D eigenvalue weighted by atomic mass is 9.98. The van der Waals surface area contributed by atoms with E-state index >= 15 is 0 Å². The number of aryl methyl sites for hydroxylation is 1. The molecule has 0 amide bonds. The Bertz CT molecular complexity index is 307. The summed E-state index contributed by atoms with van der Waals surface area (Å²) < 4.78 is 0. The SMILES string of the molecule is CC(C)c1cc(Cl)cc(CCCCN)c1. The maximum absolute atomic E-state index is 6.08. The van der Waals surface area contributed by atoms with E-state index in [0.29, 0.717) is 5.92 Å². The number of hydrogen-bond acceptors (Lipinski definition) is 1. The van der Waals surface area contributed by atoms with E-state index in [1.165, 1.54) is 11.1 Å². The smallest absolute Gasteiger partial charge is 0.0411 e. The second kappa shape index (κ2) is 6.14. The number of benzene rings is 1. The lowest BCUT2D eigenvalue weighted by Crippen LogP contribution is -1.99. The van der Waals surface area contributed by atoms with Gasteiger partial charge in [-0.1, -0.05) is 31.5 Å². The average Bonchev–Trinajstić information content (AvgIpc) is 2.17. The van der Waals surface area contributed by atoms with Gasteiger partial charge in [-0.3, -0.25) is 0 Å². The summed E-state index contributed by atoms with van der Waals surface area (Å²) in [4.78, 5) is 0. The van der Waals surface area contributed by atoms with Gasteiger partial charge < -0.3 is 5.73 Å². The standard InChI is InChI=1S/C13H20ClN/c1-10(2)12-7-11(5-3-4-6-15)8-13(14)9-12/h7-10H,3-6,15H2,1-2H3. The van der Waals surface area contributed by atoms with Gasteiger partial charge in [0.1, 0.15) is 0 Å². The Kier molecular flexibility index (Phi) is 5.13. The molecule has 0 radical (unpaired) electrons. The highest BCUT2D eigenvalue weighted by atomic mass is 35.5. The second-order valence-corrected chi connectivity index (χ2v) is 4.73. The van der Waals surface area contributed by atoms with E-state index in [1.807, 2.05) is 0 Å². The molecule has 0 aliphatic rings. The summed E-state index contributed by atoms with van der Waals surface area (Å²) in [5.74, 6) is 0.539. The molecule has 0 saturated carbocycles. The Morgan fingerprint density at radius 2 is 1.93 bits per heavy atom. The van der Waals surface area contributed by atoms with Crippen LogP contribution in [0.15, 0.2) is 18.2 Å². The summed E-state index contributed by atoms with van der Waals surface area (Å²) in [6.07, 6.45) is 3.31. The van der Waals surface area contributed by atoms with Crippen LogP contribution in [0.3, 0.4) is 0 Å². The molecular formula is C13H20ClN. The number of nitrogens with two attached hydrogens (primary N) is 1. The maximum atomic E-state index is 6.08. The zero-order valence-corrected chi connectivity index (χ0v) is 10.3. The maximum Gasteiger partial charge on any atom is 0.0411 e. The Balaban J connectivity index is 2.71. The Morgan fingerprint density at radius 1 is 1.20 bits per heavy atom. The lowest BCUT2D eigenvalue weighted by molar-refractivity contribution is 0.742. The summed E-state index contributed by atoms with van der Waals surface area (Å²) >= 11 is 6.08. The molecule has 0 aromatic heterocycles. The van der Waals surface area contributed by atoms with E-state index < -0.39 is 0 Å². The van der Waals surface area contributed by atoms with Crippen LogP contribution in [0.1, 0.15) is 43.7 Å². The van der Waals surface area contributed by atoms with Crippen LogP contribution in [0.5, 0.6) is 0 Å². The topological polar surface area (TPSA) is 26.0 Å². The molecule has 0 spiro atoms. The van der Waals surface area contributed by atoms with Gasteiger partial charge >= 0.3 is 0 Å². The van der Waals surface area contributed by atoms with Crippen molar-refractivity contribution in [2.45, 2.75) is 39.0 Å². The van der Waals surface area contributed by atoms with E-state index in [9.17, 15) is 0 Å². The van der Waals surface area contributed by atoms with Crippen LogP contribution >= 0.6 is 11.6 Å². The molecule has 2 heteroatoms. The number of halogens is 1. The fraction of sp³-hybridized carbons (Fsp3) is 0.538. The van der Waals surface area contributed by atoms with E-state index in [0.717, 1.165) is 30.8 Å². The molecule has 0 bridgehead atoms. The Hall–Kier alpha value is -0.530. The number of unbranched alkanes of at least 4 members (excludes halogenated alkanes) is 1. The summed E-state index contributed by atoms with van der Waals surface area (Å²) in [5, 5.41) is 0.851. The molecule has 0 aliphatic heterocycles. The lowest BCUT2D eigenvalue weighted by Gasteiger charge is -2.09. The van der Waals surface area contributed by atoms with E-state index in [2.05, 4.69) is 32.0 Å². The molecule has 0 atom stereocenters. The first kappa shape index (κ1) is 12.5. The zero-order valence-electron chi connectivity index (χ0n) is 9.59. The van der Waals surface area contributed by atoms with Crippen LogP contribution in [0, 0.1) is 0 Å². The summed E-state index contributed by atoms with van der Waals surface area (Å²) in [5.41, 5.74) is 8.13. The van der Waals surface area contributed by atoms with E-state index in [4.69, 9.17) is 17.3 Å². The highest BCUT2D eigenvalue weighted by Crippen LogP contribution is 2.22. The molecule has 2 N–H and O–H groups in total. The van der Waals surface area contributed by atoms with Crippen molar-refractivity contribution in [2.24, 2.45) is 5.73 Å². The zero-order chi connectivity index (χ0) is 11.3. The van der Waals surface area contributed by atoms with Gasteiger partial charge in [-0.25, -0.2) is 0 Å². The molecule has 0 aliphatic carbocycles. The molecule has 0 unspecified atom stereocenters. The molecule has 0 fully saturated rings. The van der Waals surface area contributed by atoms with Gasteiger partial charge in [0.2, 0.25) is 0 Å². The number of hydrogen-bond donors (Lipinski definition) is 1. The largest absolute Gasteiger partial charge is 0.330 e. The predicted molar refractivity (Wildman–Crippen MR) is 67.5 cm³/mol. The highest BCUT2D eigenvalue weighted by molar-refractivity contribution is 6.30. The Labute approximate surface area is 97.6 Å². The molecule has 0 heterocycles. The number of rotatable bonds is 5. The third-order valence-corrected chi connectivity index (χ3v) is 2.78. The molecular weight excluding hydrogens is 206 g/mol. The van der Waals surface area contributed by atoms with E-state index in [-0.39, 0.29) is 0 Å². The first-order valence-corrected chi connectivity index (χ1v) is 6.00. The normalized spacial score (nSPS) is 11.0. The Morgan fingerprint density at radius 3 is 2.53 bits per heavy atom. The summed E-state index contributed by atoms with van der Waals surface area (Å²) in [6, 6.07) is 6.37. The van der Waals surface area contributed by atoms with Crippen LogP contribution in [0.25, 0.3) is 0 Å². The third-order valence-electron chi connectivity index (χ3n) is 2.57. The van der Waals surface area contributed by atoms with Crippen LogP contribution in [0.4, 0.5) is 0 Å². The van der Waals surface area contributed by atoms with Crippen molar-refractivity contribution in [3.8, 4) is 0 Å². The van der Waals surface area contributed by atoms with Crippen molar-refractivity contribution in [3.63, 3.8) is 0 Å². The molecule has 84 valence electrons. The minimum Gasteiger partial charge on any atom is -0.330 e. The van der Waals surface area contributed by atoms with Crippen LogP contribution < -0.4 is 5.73 Å². The van der Waals surface area contributed by atoms with Crippen molar-refractivity contribution in [3.05, 3.63) is 34.3 Å². The second-order valence-electron chi connectivity index (χ2n) is 4.29. The van der Waals surface area contributed by atoms with Crippen molar-refractivity contribution >= 4 is 11.6 Å². The van der Waals surface area contributed by atoms with Crippen LogP contribution in [-0.2, 0) is 6.42 Å². The fourth-order valence-electron chi connectivity index (χ4n) is 1.63. The van der Waals surface area contributed by atoms with Gasteiger partial charge in [-0.05, 0) is 55.0 Å². The van der Waals surface area contributed by atoms with Gasteiger partial charge in [0.15, 0.2) is 0 Å². The minimum absolute atomic E-state index is 0.539. The summed E-state index contributed by atoms with van der Waals surface area (Å²) in [7, 11) is 0. The van der Waals surface area contributed by atoms with Crippen molar-refractivity contribution in [1.82, 2.24) is 0 Å². The van der Waals surface area contributed by atoms with Gasteiger partial charge in [0.05, 0.1) is 0 Å². The molecule has 1 nitrogen and oxygen atoms in total. The first-order chi connectivity index (χ1) is 7.13. The van der Waals surface area contributed by atoms with Crippen molar-refractivity contribution in [2.75, 3.05) is 6.54 Å². The fourth-order valence-corrected chi connectivity index (χ4v) is 1.89.